The van der Waals surface area contributed by atoms with E-state index in [4.69, 9.17) is 4.74 Å². The van der Waals surface area contributed by atoms with Crippen LogP contribution in [0.3, 0.4) is 0 Å². The predicted molar refractivity (Wildman–Crippen MR) is 85.8 cm³/mol. The zero-order valence-electron chi connectivity index (χ0n) is 12.5. The molecule has 5 heteroatoms. The van der Waals surface area contributed by atoms with Gasteiger partial charge < -0.3 is 4.74 Å². The second kappa shape index (κ2) is 6.44. The zero-order chi connectivity index (χ0) is 16.2. The molecule has 4 nitrogen and oxygen atoms in total. The van der Waals surface area contributed by atoms with Crippen LogP contribution in [0.1, 0.15) is 21.6 Å². The van der Waals surface area contributed by atoms with E-state index in [9.17, 15) is 9.28 Å². The van der Waals surface area contributed by atoms with Gasteiger partial charge in [0.05, 0.1) is 11.2 Å². The van der Waals surface area contributed by atoms with Gasteiger partial charge in [0.2, 0.25) is 0 Å². The third-order valence-corrected chi connectivity index (χ3v) is 3.55. The number of fused-ring (bicyclic) bond motifs is 1. The third-order valence-electron chi connectivity index (χ3n) is 3.55. The molecule has 116 valence electrons. The van der Waals surface area contributed by atoms with Gasteiger partial charge in [0, 0.05) is 10.9 Å². The number of benzene rings is 2. The minimum atomic E-state index is -0.796. The molecule has 0 spiro atoms. The quantitative estimate of drug-likeness (QED) is 0.747. The summed E-state index contributed by atoms with van der Waals surface area (Å²) in [5.41, 5.74) is 4.13. The molecule has 2 aromatic carbocycles. The van der Waals surface area contributed by atoms with Crippen molar-refractivity contribution in [3.05, 3.63) is 71.4 Å². The molecule has 0 aliphatic heterocycles. The smallest absolute Gasteiger partial charge is 0.279 e. The van der Waals surface area contributed by atoms with Gasteiger partial charge in [-0.2, -0.15) is 5.54 Å². The minimum Gasteiger partial charge on any atom is -0.487 e. The number of pyridine rings is 1. The van der Waals surface area contributed by atoms with Crippen LogP contribution in [0, 0.1) is 6.92 Å². The Morgan fingerprint density at radius 3 is 2.83 bits per heavy atom. The summed E-state index contributed by atoms with van der Waals surface area (Å²) in [6.07, 6.45) is 0. The predicted octanol–water partition coefficient (Wildman–Crippen LogP) is 3.74. The molecule has 0 bridgehead atoms. The lowest BCUT2D eigenvalue weighted by atomic mass is 10.1. The van der Waals surface area contributed by atoms with E-state index in [0.717, 1.165) is 27.7 Å². The molecule has 0 aliphatic carbocycles. The molecule has 0 saturated heterocycles. The number of para-hydroxylation sites is 1. The van der Waals surface area contributed by atoms with Gasteiger partial charge in [0.25, 0.3) is 5.91 Å². The Labute approximate surface area is 132 Å². The highest BCUT2D eigenvalue weighted by Gasteiger charge is 2.07. The molecular formula is C18H15FN2O2. The van der Waals surface area contributed by atoms with E-state index in [0.29, 0.717) is 5.75 Å². The molecule has 1 aromatic heterocycles. The second-order valence-corrected chi connectivity index (χ2v) is 5.19. The summed E-state index contributed by atoms with van der Waals surface area (Å²) in [7, 11) is 0. The van der Waals surface area contributed by atoms with E-state index in [1.165, 1.54) is 12.1 Å². The molecule has 0 atom stereocenters. The van der Waals surface area contributed by atoms with E-state index in [-0.39, 0.29) is 12.2 Å². The van der Waals surface area contributed by atoms with E-state index >= 15 is 0 Å². The molecule has 3 aromatic rings. The number of aromatic nitrogens is 1. The maximum absolute atomic E-state index is 12.2. The first-order chi connectivity index (χ1) is 11.2. The summed E-state index contributed by atoms with van der Waals surface area (Å²) in [4.78, 5) is 15.9. The number of carbonyl (C=O) groups is 1. The standard InChI is InChI=1S/C18H15FN2O2/c1-12-4-2-5-13-8-9-15(20-17(12)13)11-23-16-7-3-6-14(10-16)18(22)21-19/h2-10H,11H2,1H3,(H,21,22). The van der Waals surface area contributed by atoms with Crippen LogP contribution in [0.25, 0.3) is 10.9 Å². The fraction of sp³-hybridized carbons (Fsp3) is 0.111. The van der Waals surface area contributed by atoms with E-state index in [2.05, 4.69) is 4.98 Å². The SMILES string of the molecule is Cc1cccc2ccc(COc3cccc(C(=O)NF)c3)nc12. The summed E-state index contributed by atoms with van der Waals surface area (Å²) in [6.45, 7) is 2.28. The first-order valence-electron chi connectivity index (χ1n) is 7.16. The van der Waals surface area contributed by atoms with Crippen molar-refractivity contribution in [3.8, 4) is 5.75 Å². The highest BCUT2D eigenvalue weighted by atomic mass is 19.2. The molecule has 23 heavy (non-hydrogen) atoms. The first kappa shape index (κ1) is 15.0. The Hall–Kier alpha value is -2.95. The summed E-state index contributed by atoms with van der Waals surface area (Å²) in [5.74, 6) is -0.312. The van der Waals surface area contributed by atoms with Gasteiger partial charge in [-0.05, 0) is 36.8 Å². The molecule has 1 amide bonds. The normalized spacial score (nSPS) is 10.5. The van der Waals surface area contributed by atoms with Crippen LogP contribution in [-0.4, -0.2) is 10.9 Å². The van der Waals surface area contributed by atoms with Gasteiger partial charge in [0.1, 0.15) is 12.4 Å². The third kappa shape index (κ3) is 3.29. The number of nitrogens with one attached hydrogen (secondary N) is 1. The van der Waals surface area contributed by atoms with E-state index < -0.39 is 5.91 Å². The summed E-state index contributed by atoms with van der Waals surface area (Å²) in [5, 5.41) is 1.08. The van der Waals surface area contributed by atoms with Gasteiger partial charge in [-0.1, -0.05) is 34.8 Å². The summed E-state index contributed by atoms with van der Waals surface area (Å²) >= 11 is 0. The van der Waals surface area contributed by atoms with Crippen molar-refractivity contribution >= 4 is 16.8 Å². The van der Waals surface area contributed by atoms with Gasteiger partial charge in [0.15, 0.2) is 0 Å². The molecule has 0 radical (unpaired) electrons. The van der Waals surface area contributed by atoms with Crippen LogP contribution in [0.5, 0.6) is 5.75 Å². The van der Waals surface area contributed by atoms with Crippen LogP contribution in [0.15, 0.2) is 54.6 Å². The lowest BCUT2D eigenvalue weighted by Crippen LogP contribution is -2.13. The van der Waals surface area contributed by atoms with E-state index in [1.54, 1.807) is 12.1 Å². The maximum Gasteiger partial charge on any atom is 0.279 e. The number of halogens is 1. The lowest BCUT2D eigenvalue weighted by molar-refractivity contribution is 0.0859. The molecule has 3 rings (SSSR count). The number of ether oxygens (including phenoxy) is 1. The Morgan fingerprint density at radius 2 is 2.00 bits per heavy atom. The number of rotatable bonds is 4. The fourth-order valence-electron chi connectivity index (χ4n) is 2.36. The molecule has 1 N–H and O–H groups in total. The Bertz CT molecular complexity index is 865. The van der Waals surface area contributed by atoms with Crippen LogP contribution in [0.4, 0.5) is 4.48 Å². The van der Waals surface area contributed by atoms with Crippen LogP contribution in [-0.2, 0) is 6.61 Å². The number of hydrogen-bond acceptors (Lipinski definition) is 3. The van der Waals surface area contributed by atoms with Gasteiger partial charge in [-0.25, -0.2) is 4.98 Å². The fourth-order valence-corrected chi connectivity index (χ4v) is 2.36. The van der Waals surface area contributed by atoms with Crippen molar-refractivity contribution < 1.29 is 14.0 Å². The van der Waals surface area contributed by atoms with Crippen LogP contribution in [0.2, 0.25) is 0 Å². The largest absolute Gasteiger partial charge is 0.487 e. The van der Waals surface area contributed by atoms with Crippen molar-refractivity contribution in [2.24, 2.45) is 0 Å². The first-order valence-corrected chi connectivity index (χ1v) is 7.16. The molecule has 1 heterocycles. The van der Waals surface area contributed by atoms with Gasteiger partial charge in [-0.3, -0.25) is 4.79 Å². The monoisotopic (exact) mass is 310 g/mol. The topological polar surface area (TPSA) is 51.2 Å². The Kier molecular flexibility index (Phi) is 4.19. The molecule has 0 unspecified atom stereocenters. The van der Waals surface area contributed by atoms with Crippen molar-refractivity contribution in [2.45, 2.75) is 13.5 Å². The molecule has 0 fully saturated rings. The Balaban J connectivity index is 1.78. The van der Waals surface area contributed by atoms with E-state index in [1.807, 2.05) is 37.3 Å². The number of carbonyl (C=O) groups excluding carboxylic acids is 1. The number of aryl methyl sites for hydroxylation is 1. The highest BCUT2D eigenvalue weighted by Crippen LogP contribution is 2.18. The average molecular weight is 310 g/mol. The zero-order valence-corrected chi connectivity index (χ0v) is 12.5. The Morgan fingerprint density at radius 1 is 1.17 bits per heavy atom. The molecular weight excluding hydrogens is 295 g/mol. The van der Waals surface area contributed by atoms with Crippen LogP contribution < -0.4 is 10.3 Å². The van der Waals surface area contributed by atoms with Crippen molar-refractivity contribution in [1.82, 2.24) is 10.5 Å². The average Bonchev–Trinajstić information content (AvgIpc) is 2.60. The summed E-state index contributed by atoms with van der Waals surface area (Å²) < 4.78 is 17.8. The molecule has 0 aliphatic rings. The number of nitrogens with zero attached hydrogens (tertiary/aromatic N) is 1. The molecule has 0 saturated carbocycles. The van der Waals surface area contributed by atoms with Crippen LogP contribution >= 0.6 is 0 Å². The summed E-state index contributed by atoms with van der Waals surface area (Å²) in [6, 6.07) is 16.3. The van der Waals surface area contributed by atoms with Gasteiger partial charge >= 0.3 is 0 Å². The van der Waals surface area contributed by atoms with Crippen molar-refractivity contribution in [3.63, 3.8) is 0 Å². The number of amides is 1. The van der Waals surface area contributed by atoms with Crippen molar-refractivity contribution in [2.75, 3.05) is 0 Å². The minimum absolute atomic E-state index is 0.201. The van der Waals surface area contributed by atoms with Gasteiger partial charge in [-0.15, -0.1) is 0 Å². The van der Waals surface area contributed by atoms with Crippen molar-refractivity contribution in [1.29, 1.82) is 0 Å². The lowest BCUT2D eigenvalue weighted by Gasteiger charge is -2.08. The second-order valence-electron chi connectivity index (χ2n) is 5.19. The number of hydrogen-bond donors (Lipinski definition) is 1. The maximum atomic E-state index is 12.2. The highest BCUT2D eigenvalue weighted by molar-refractivity contribution is 5.93.